The van der Waals surface area contributed by atoms with E-state index in [0.717, 1.165) is 17.2 Å². The van der Waals surface area contributed by atoms with Gasteiger partial charge in [-0.15, -0.1) is 0 Å². The van der Waals surface area contributed by atoms with Gasteiger partial charge in [0.2, 0.25) is 0 Å². The molecule has 0 unspecified atom stereocenters. The van der Waals surface area contributed by atoms with Crippen molar-refractivity contribution in [3.63, 3.8) is 0 Å². The second kappa shape index (κ2) is 6.85. The van der Waals surface area contributed by atoms with Gasteiger partial charge < -0.3 is 10.3 Å². The molecule has 0 aliphatic carbocycles. The van der Waals surface area contributed by atoms with Gasteiger partial charge in [0.15, 0.2) is 5.43 Å². The number of H-pyrrole nitrogens is 1. The number of pyridine rings is 1. The zero-order valence-electron chi connectivity index (χ0n) is 16.5. The van der Waals surface area contributed by atoms with E-state index < -0.39 is 17.3 Å². The predicted molar refractivity (Wildman–Crippen MR) is 114 cm³/mol. The van der Waals surface area contributed by atoms with E-state index in [0.29, 0.717) is 16.4 Å². The number of para-hydroxylation sites is 1. The topological polar surface area (TPSA) is 62.0 Å². The lowest BCUT2D eigenvalue weighted by molar-refractivity contribution is 0.0908. The van der Waals surface area contributed by atoms with E-state index in [1.54, 1.807) is 18.2 Å². The molecule has 4 nitrogen and oxygen atoms in total. The van der Waals surface area contributed by atoms with E-state index in [1.807, 2.05) is 51.1 Å². The number of nitrogens with one attached hydrogen (secondary N) is 2. The fourth-order valence-electron chi connectivity index (χ4n) is 3.58. The normalized spacial score (nSPS) is 11.7. The largest absolute Gasteiger partial charge is 0.354 e. The second-order valence-electron chi connectivity index (χ2n) is 7.83. The number of hydrogen-bond donors (Lipinski definition) is 2. The van der Waals surface area contributed by atoms with Crippen LogP contribution in [0.4, 0.5) is 4.39 Å². The van der Waals surface area contributed by atoms with Crippen molar-refractivity contribution in [2.24, 2.45) is 0 Å². The summed E-state index contributed by atoms with van der Waals surface area (Å²) in [5.74, 6) is -1.26. The molecule has 0 aliphatic rings. The molecule has 0 spiro atoms. The number of fused-ring (bicyclic) bond motifs is 2. The molecule has 0 radical (unpaired) electrons. The molecule has 4 aromatic rings. The maximum atomic E-state index is 14.8. The van der Waals surface area contributed by atoms with Crippen LogP contribution in [0.25, 0.3) is 21.8 Å². The number of benzene rings is 3. The molecule has 1 heterocycles. The van der Waals surface area contributed by atoms with Gasteiger partial charge in [-0.25, -0.2) is 4.39 Å². The molecule has 4 rings (SSSR count). The number of aromatic amines is 1. The quantitative estimate of drug-likeness (QED) is 0.496. The Hall–Kier alpha value is -3.47. The summed E-state index contributed by atoms with van der Waals surface area (Å²) in [6.07, 6.45) is 0. The highest BCUT2D eigenvalue weighted by molar-refractivity contribution is 6.00. The van der Waals surface area contributed by atoms with Gasteiger partial charge in [0, 0.05) is 16.3 Å². The van der Waals surface area contributed by atoms with E-state index in [2.05, 4.69) is 10.3 Å². The summed E-state index contributed by atoms with van der Waals surface area (Å²) in [5, 5.41) is 3.60. The van der Waals surface area contributed by atoms with Gasteiger partial charge in [-0.05, 0) is 50.6 Å². The minimum Gasteiger partial charge on any atom is -0.354 e. The molecule has 1 amide bonds. The van der Waals surface area contributed by atoms with Crippen LogP contribution in [0, 0.1) is 12.7 Å². The Morgan fingerprint density at radius 1 is 0.966 bits per heavy atom. The molecule has 2 N–H and O–H groups in total. The standard InChI is InChI=1S/C24H21FN2O2/c1-14-7-6-8-15(11-14)24(2,3)27-23(29)17-13-21-18(12-19(17)25)22(28)16-9-4-5-10-20(16)26-21/h4-13H,1-3H3,(H,26,28)(H,27,29). The molecule has 0 saturated carbocycles. The zero-order valence-corrected chi connectivity index (χ0v) is 16.5. The Labute approximate surface area is 167 Å². The number of aryl methyl sites for hydroxylation is 1. The van der Waals surface area contributed by atoms with Crippen LogP contribution in [-0.2, 0) is 5.54 Å². The minimum absolute atomic E-state index is 0.107. The number of aromatic nitrogens is 1. The fraction of sp³-hybridized carbons (Fsp3) is 0.167. The molecule has 0 atom stereocenters. The van der Waals surface area contributed by atoms with Gasteiger partial charge in [0.1, 0.15) is 5.82 Å². The smallest absolute Gasteiger partial charge is 0.255 e. The van der Waals surface area contributed by atoms with E-state index in [9.17, 15) is 14.0 Å². The Kier molecular flexibility index (Phi) is 4.46. The van der Waals surface area contributed by atoms with Gasteiger partial charge in [0.05, 0.1) is 16.6 Å². The van der Waals surface area contributed by atoms with Crippen molar-refractivity contribution in [1.82, 2.24) is 10.3 Å². The molecule has 146 valence electrons. The van der Waals surface area contributed by atoms with Crippen LogP contribution in [0.3, 0.4) is 0 Å². The van der Waals surface area contributed by atoms with Crippen LogP contribution < -0.4 is 10.7 Å². The molecule has 3 aromatic carbocycles. The first-order valence-electron chi connectivity index (χ1n) is 9.40. The third-order valence-electron chi connectivity index (χ3n) is 5.20. The Balaban J connectivity index is 1.77. The molecule has 0 aliphatic heterocycles. The Morgan fingerprint density at radius 3 is 2.48 bits per heavy atom. The summed E-state index contributed by atoms with van der Waals surface area (Å²) in [6, 6.07) is 17.4. The van der Waals surface area contributed by atoms with E-state index in [4.69, 9.17) is 0 Å². The number of rotatable bonds is 3. The summed E-state index contributed by atoms with van der Waals surface area (Å²) >= 11 is 0. The number of amides is 1. The van der Waals surface area contributed by atoms with Crippen LogP contribution in [0.5, 0.6) is 0 Å². The minimum atomic E-state index is -0.726. The number of carbonyl (C=O) groups excluding carboxylic acids is 1. The van der Waals surface area contributed by atoms with Gasteiger partial charge in [-0.2, -0.15) is 0 Å². The Bertz CT molecular complexity index is 1320. The molecule has 29 heavy (non-hydrogen) atoms. The lowest BCUT2D eigenvalue weighted by Crippen LogP contribution is -2.41. The number of hydrogen-bond acceptors (Lipinski definition) is 2. The zero-order chi connectivity index (χ0) is 20.8. The molecule has 0 bridgehead atoms. The average Bonchev–Trinajstić information content (AvgIpc) is 2.68. The lowest BCUT2D eigenvalue weighted by Gasteiger charge is -2.27. The molecule has 0 saturated heterocycles. The molecule has 0 fully saturated rings. The third-order valence-corrected chi connectivity index (χ3v) is 5.20. The van der Waals surface area contributed by atoms with Crippen molar-refractivity contribution in [1.29, 1.82) is 0 Å². The van der Waals surface area contributed by atoms with Gasteiger partial charge in [0.25, 0.3) is 5.91 Å². The summed E-state index contributed by atoms with van der Waals surface area (Å²) < 4.78 is 14.8. The van der Waals surface area contributed by atoms with Crippen molar-refractivity contribution >= 4 is 27.7 Å². The first-order chi connectivity index (χ1) is 13.8. The van der Waals surface area contributed by atoms with Crippen LogP contribution in [0.1, 0.15) is 35.3 Å². The van der Waals surface area contributed by atoms with E-state index in [-0.39, 0.29) is 16.4 Å². The van der Waals surface area contributed by atoms with Crippen LogP contribution >= 0.6 is 0 Å². The highest BCUT2D eigenvalue weighted by Gasteiger charge is 2.25. The van der Waals surface area contributed by atoms with Crippen LogP contribution in [0.2, 0.25) is 0 Å². The third kappa shape index (κ3) is 3.40. The highest BCUT2D eigenvalue weighted by Crippen LogP contribution is 2.23. The summed E-state index contributed by atoms with van der Waals surface area (Å²) in [5.41, 5.74) is 2.00. The monoisotopic (exact) mass is 388 g/mol. The van der Waals surface area contributed by atoms with Crippen molar-refractivity contribution in [2.45, 2.75) is 26.3 Å². The van der Waals surface area contributed by atoms with Gasteiger partial charge in [-0.3, -0.25) is 9.59 Å². The van der Waals surface area contributed by atoms with Crippen LogP contribution in [-0.4, -0.2) is 10.9 Å². The first-order valence-corrected chi connectivity index (χ1v) is 9.40. The first kappa shape index (κ1) is 18.9. The number of carbonyl (C=O) groups is 1. The summed E-state index contributed by atoms with van der Waals surface area (Å²) in [4.78, 5) is 28.7. The van der Waals surface area contributed by atoms with Gasteiger partial charge >= 0.3 is 0 Å². The summed E-state index contributed by atoms with van der Waals surface area (Å²) in [7, 11) is 0. The van der Waals surface area contributed by atoms with Crippen molar-refractivity contribution in [3.05, 3.63) is 93.4 Å². The number of halogens is 1. The second-order valence-corrected chi connectivity index (χ2v) is 7.83. The van der Waals surface area contributed by atoms with E-state index in [1.165, 1.54) is 6.07 Å². The molecular weight excluding hydrogens is 367 g/mol. The molecular formula is C24H21FN2O2. The average molecular weight is 388 g/mol. The SMILES string of the molecule is Cc1cccc(C(C)(C)NC(=O)c2cc3[nH]c4ccccc4c(=O)c3cc2F)c1. The lowest BCUT2D eigenvalue weighted by atomic mass is 9.92. The van der Waals surface area contributed by atoms with E-state index >= 15 is 0 Å². The fourth-order valence-corrected chi connectivity index (χ4v) is 3.58. The maximum absolute atomic E-state index is 14.8. The Morgan fingerprint density at radius 2 is 1.72 bits per heavy atom. The molecule has 5 heteroatoms. The van der Waals surface area contributed by atoms with Crippen molar-refractivity contribution in [3.8, 4) is 0 Å². The van der Waals surface area contributed by atoms with Crippen molar-refractivity contribution < 1.29 is 9.18 Å². The molecule has 1 aromatic heterocycles. The van der Waals surface area contributed by atoms with Crippen molar-refractivity contribution in [2.75, 3.05) is 0 Å². The predicted octanol–water partition coefficient (Wildman–Crippen LogP) is 4.79. The summed E-state index contributed by atoms with van der Waals surface area (Å²) in [6.45, 7) is 5.72. The highest BCUT2D eigenvalue weighted by atomic mass is 19.1. The van der Waals surface area contributed by atoms with Gasteiger partial charge in [-0.1, -0.05) is 42.0 Å². The maximum Gasteiger partial charge on any atom is 0.255 e. The van der Waals surface area contributed by atoms with Crippen LogP contribution in [0.15, 0.2) is 65.5 Å².